The molecule has 0 N–H and O–H groups in total. The van der Waals surface area contributed by atoms with Gasteiger partial charge in [0.25, 0.3) is 9.04 Å². The molecule has 0 radical (unpaired) electrons. The van der Waals surface area contributed by atoms with E-state index in [1.54, 1.807) is 6.07 Å². The van der Waals surface area contributed by atoms with Gasteiger partial charge in [0.15, 0.2) is 0 Å². The lowest BCUT2D eigenvalue weighted by atomic mass is 10.3. The van der Waals surface area contributed by atoms with E-state index in [0.29, 0.717) is 15.8 Å². The fraction of sp³-hybridized carbons (Fsp3) is 0. The van der Waals surface area contributed by atoms with E-state index in [2.05, 4.69) is 24.3 Å². The first-order chi connectivity index (χ1) is 10.8. The van der Waals surface area contributed by atoms with Crippen molar-refractivity contribution in [2.75, 3.05) is 0 Å². The van der Waals surface area contributed by atoms with Crippen LogP contribution in [0.15, 0.2) is 78.9 Å². The maximum Gasteiger partial charge on any atom is 0.299 e. The van der Waals surface area contributed by atoms with Crippen LogP contribution in [-0.4, -0.2) is 9.04 Å². The normalized spacial score (nSPS) is 10.7. The van der Waals surface area contributed by atoms with E-state index in [-0.39, 0.29) is 0 Å². The van der Waals surface area contributed by atoms with Crippen LogP contribution in [0.4, 0.5) is 0 Å². The third kappa shape index (κ3) is 3.35. The van der Waals surface area contributed by atoms with Crippen molar-refractivity contribution in [3.05, 3.63) is 88.9 Å². The minimum atomic E-state index is -1.87. The second-order valence-electron chi connectivity index (χ2n) is 4.87. The molecule has 22 heavy (non-hydrogen) atoms. The highest BCUT2D eigenvalue weighted by Gasteiger charge is 2.20. The molecule has 0 atom stereocenters. The number of hydrogen-bond acceptors (Lipinski definition) is 1. The van der Waals surface area contributed by atoms with E-state index in [4.69, 9.17) is 27.6 Å². The molecule has 0 aliphatic heterocycles. The Hall–Kier alpha value is -1.74. The molecule has 0 unspecified atom stereocenters. The zero-order chi connectivity index (χ0) is 15.4. The summed E-state index contributed by atoms with van der Waals surface area (Å²) in [5.74, 6) is 0.638. The molecule has 0 heterocycles. The van der Waals surface area contributed by atoms with Crippen molar-refractivity contribution >= 4 is 42.6 Å². The molecule has 0 aromatic heterocycles. The van der Waals surface area contributed by atoms with Crippen molar-refractivity contribution in [3.63, 3.8) is 0 Å². The van der Waals surface area contributed by atoms with Gasteiger partial charge in [0.05, 0.1) is 10.0 Å². The summed E-state index contributed by atoms with van der Waals surface area (Å²) < 4.78 is 6.32. The third-order valence-corrected chi connectivity index (χ3v) is 6.64. The molecule has 0 amide bonds. The molecule has 0 bridgehead atoms. The number of benzene rings is 3. The van der Waals surface area contributed by atoms with Crippen LogP contribution in [0.2, 0.25) is 10.0 Å². The topological polar surface area (TPSA) is 9.23 Å². The summed E-state index contributed by atoms with van der Waals surface area (Å²) in [5, 5.41) is 3.37. The molecule has 110 valence electrons. The van der Waals surface area contributed by atoms with E-state index < -0.39 is 9.04 Å². The zero-order valence-corrected chi connectivity index (χ0v) is 14.4. The number of rotatable bonds is 4. The molecule has 0 saturated carbocycles. The Bertz CT molecular complexity index is 708. The van der Waals surface area contributed by atoms with Gasteiger partial charge in [-0.3, -0.25) is 0 Å². The van der Waals surface area contributed by atoms with Crippen LogP contribution in [-0.2, 0) is 0 Å². The molecule has 0 aliphatic rings. The summed E-state index contributed by atoms with van der Waals surface area (Å²) in [6.45, 7) is 0. The summed E-state index contributed by atoms with van der Waals surface area (Å²) in [5.41, 5.74) is 0. The molecule has 4 heteroatoms. The molecule has 3 rings (SSSR count). The van der Waals surface area contributed by atoms with E-state index in [9.17, 15) is 0 Å². The lowest BCUT2D eigenvalue weighted by Gasteiger charge is -2.19. The minimum absolute atomic E-state index is 0.466. The Balaban J connectivity index is 2.01. The quantitative estimate of drug-likeness (QED) is 0.652. The molecule has 0 aliphatic carbocycles. The van der Waals surface area contributed by atoms with Gasteiger partial charge in [-0.2, -0.15) is 0 Å². The molecular weight excluding hydrogens is 331 g/mol. The van der Waals surface area contributed by atoms with Gasteiger partial charge in [0, 0.05) is 0 Å². The van der Waals surface area contributed by atoms with Gasteiger partial charge in [-0.05, 0) is 22.5 Å². The number of halogens is 2. The maximum atomic E-state index is 6.32. The monoisotopic (exact) mass is 344 g/mol. The Morgan fingerprint density at radius 3 is 1.73 bits per heavy atom. The summed E-state index contributed by atoms with van der Waals surface area (Å²) in [6, 6.07) is 26.0. The van der Waals surface area contributed by atoms with E-state index in [1.807, 2.05) is 48.5 Å². The van der Waals surface area contributed by atoms with Gasteiger partial charge < -0.3 is 4.43 Å². The fourth-order valence-electron chi connectivity index (χ4n) is 2.29. The maximum absolute atomic E-state index is 6.32. The van der Waals surface area contributed by atoms with Gasteiger partial charge >= 0.3 is 0 Å². The van der Waals surface area contributed by atoms with Crippen LogP contribution < -0.4 is 14.8 Å². The lowest BCUT2D eigenvalue weighted by Crippen LogP contribution is -2.47. The SMILES string of the molecule is Clc1cccc(O[SiH](c2ccccc2)c2ccccc2)c1Cl. The minimum Gasteiger partial charge on any atom is -0.536 e. The predicted molar refractivity (Wildman–Crippen MR) is 96.4 cm³/mol. The fourth-order valence-corrected chi connectivity index (χ4v) is 4.95. The predicted octanol–water partition coefficient (Wildman–Crippen LogP) is 3.91. The second-order valence-corrected chi connectivity index (χ2v) is 7.99. The van der Waals surface area contributed by atoms with Crippen LogP contribution in [0.1, 0.15) is 0 Å². The molecule has 1 nitrogen and oxygen atoms in total. The van der Waals surface area contributed by atoms with Crippen molar-refractivity contribution < 1.29 is 4.43 Å². The van der Waals surface area contributed by atoms with Crippen molar-refractivity contribution in [2.24, 2.45) is 0 Å². The molecule has 3 aromatic rings. The van der Waals surface area contributed by atoms with Gasteiger partial charge in [0.2, 0.25) is 0 Å². The van der Waals surface area contributed by atoms with Gasteiger partial charge in [0.1, 0.15) is 5.75 Å². The van der Waals surface area contributed by atoms with Crippen molar-refractivity contribution in [1.29, 1.82) is 0 Å². The van der Waals surface area contributed by atoms with Gasteiger partial charge in [-0.25, -0.2) is 0 Å². The van der Waals surface area contributed by atoms with Crippen LogP contribution in [0.25, 0.3) is 0 Å². The highest BCUT2D eigenvalue weighted by molar-refractivity contribution is 6.80. The molecule has 0 spiro atoms. The van der Waals surface area contributed by atoms with E-state index in [1.165, 1.54) is 10.4 Å². The van der Waals surface area contributed by atoms with Gasteiger partial charge in [-0.15, -0.1) is 0 Å². The highest BCUT2D eigenvalue weighted by Crippen LogP contribution is 2.31. The summed E-state index contributed by atoms with van der Waals surface area (Å²) in [7, 11) is -1.87. The van der Waals surface area contributed by atoms with Crippen LogP contribution in [0.5, 0.6) is 5.75 Å². The van der Waals surface area contributed by atoms with Gasteiger partial charge in [-0.1, -0.05) is 89.9 Å². The molecule has 0 fully saturated rings. The summed E-state index contributed by atoms with van der Waals surface area (Å²) in [6.07, 6.45) is 0. The smallest absolute Gasteiger partial charge is 0.299 e. The van der Waals surface area contributed by atoms with Crippen molar-refractivity contribution in [1.82, 2.24) is 0 Å². The second kappa shape index (κ2) is 7.01. The Morgan fingerprint density at radius 2 is 1.18 bits per heavy atom. The first-order valence-electron chi connectivity index (χ1n) is 6.96. The summed E-state index contributed by atoms with van der Waals surface area (Å²) >= 11 is 12.4. The summed E-state index contributed by atoms with van der Waals surface area (Å²) in [4.78, 5) is 0. The molecular formula is C18H14Cl2OSi. The first-order valence-corrected chi connectivity index (χ1v) is 9.34. The average molecular weight is 345 g/mol. The van der Waals surface area contributed by atoms with Crippen LogP contribution in [0.3, 0.4) is 0 Å². The van der Waals surface area contributed by atoms with Crippen molar-refractivity contribution in [3.8, 4) is 5.75 Å². The van der Waals surface area contributed by atoms with E-state index in [0.717, 1.165) is 0 Å². The van der Waals surface area contributed by atoms with Crippen LogP contribution >= 0.6 is 23.2 Å². The Morgan fingerprint density at radius 1 is 0.636 bits per heavy atom. The average Bonchev–Trinajstić information content (AvgIpc) is 2.58. The van der Waals surface area contributed by atoms with Crippen molar-refractivity contribution in [2.45, 2.75) is 0 Å². The molecule has 0 saturated heterocycles. The van der Waals surface area contributed by atoms with Crippen LogP contribution in [0, 0.1) is 0 Å². The standard InChI is InChI=1S/C18H14Cl2OSi/c19-16-12-7-13-17(18(16)20)21-22(14-8-3-1-4-9-14)15-10-5-2-6-11-15/h1-13,22H. The highest BCUT2D eigenvalue weighted by atomic mass is 35.5. The molecule has 3 aromatic carbocycles. The van der Waals surface area contributed by atoms with E-state index >= 15 is 0 Å². The Labute approximate surface area is 141 Å². The third-order valence-electron chi connectivity index (χ3n) is 3.37. The number of hydrogen-bond donors (Lipinski definition) is 0. The Kier molecular flexibility index (Phi) is 4.83. The first kappa shape index (κ1) is 15.2. The lowest BCUT2D eigenvalue weighted by molar-refractivity contribution is 0.592. The zero-order valence-electron chi connectivity index (χ0n) is 11.7. The largest absolute Gasteiger partial charge is 0.536 e.